The van der Waals surface area contributed by atoms with Crippen LogP contribution in [0.5, 0.6) is 5.75 Å². The van der Waals surface area contributed by atoms with E-state index in [1.165, 1.54) is 12.1 Å². The molecule has 0 aliphatic rings. The summed E-state index contributed by atoms with van der Waals surface area (Å²) in [6, 6.07) is 13.0. The molecular weight excluding hydrogens is 459 g/mol. The number of carbonyl (C=O) groups is 1. The lowest BCUT2D eigenvalue weighted by atomic mass is 10.1. The zero-order valence-electron chi connectivity index (χ0n) is 18.8. The fourth-order valence-electron chi connectivity index (χ4n) is 3.47. The van der Waals surface area contributed by atoms with Crippen LogP contribution < -0.4 is 15.8 Å². The van der Waals surface area contributed by atoms with Crippen molar-refractivity contribution in [3.05, 3.63) is 83.7 Å². The van der Waals surface area contributed by atoms with Gasteiger partial charge in [0.25, 0.3) is 5.91 Å². The molecule has 0 radical (unpaired) electrons. The molecule has 0 spiro atoms. The number of anilines is 1. The van der Waals surface area contributed by atoms with Gasteiger partial charge < -0.3 is 20.4 Å². The maximum atomic E-state index is 13.2. The number of methoxy groups -OCH3 is 1. The minimum Gasteiger partial charge on any atom is -0.495 e. The lowest BCUT2D eigenvalue weighted by molar-refractivity contribution is 0.100. The second kappa shape index (κ2) is 10.3. The Kier molecular flexibility index (Phi) is 7.47. The molecule has 4 aromatic rings. The SMILES string of the molecule is COc1cc(-c2cc(C(N)=O)c(N[C@@H](C)c3ccc(F)cc3)nn2)ccc1-n1cnc(C)c1.Cl. The average molecular weight is 483 g/mol. The Balaban J connectivity index is 0.00000324. The van der Waals surface area contributed by atoms with E-state index in [0.29, 0.717) is 17.0 Å². The summed E-state index contributed by atoms with van der Waals surface area (Å²) in [5.74, 6) is -0.102. The zero-order valence-corrected chi connectivity index (χ0v) is 19.6. The molecule has 0 fully saturated rings. The highest BCUT2D eigenvalue weighted by atomic mass is 35.5. The Labute approximate surface area is 202 Å². The highest BCUT2D eigenvalue weighted by Gasteiger charge is 2.17. The predicted molar refractivity (Wildman–Crippen MR) is 130 cm³/mol. The van der Waals surface area contributed by atoms with Gasteiger partial charge in [-0.05, 0) is 49.7 Å². The van der Waals surface area contributed by atoms with Crippen molar-refractivity contribution in [2.45, 2.75) is 19.9 Å². The van der Waals surface area contributed by atoms with E-state index in [0.717, 1.165) is 16.9 Å². The topological polar surface area (TPSA) is 108 Å². The van der Waals surface area contributed by atoms with E-state index < -0.39 is 5.91 Å². The van der Waals surface area contributed by atoms with Crippen LogP contribution in [0.3, 0.4) is 0 Å². The van der Waals surface area contributed by atoms with Crippen LogP contribution in [-0.2, 0) is 0 Å². The van der Waals surface area contributed by atoms with Gasteiger partial charge in [0, 0.05) is 11.8 Å². The van der Waals surface area contributed by atoms with Crippen LogP contribution in [0.1, 0.15) is 34.6 Å². The van der Waals surface area contributed by atoms with Crippen LogP contribution in [0.25, 0.3) is 16.9 Å². The number of halogens is 2. The summed E-state index contributed by atoms with van der Waals surface area (Å²) in [6.45, 7) is 3.78. The van der Waals surface area contributed by atoms with Crippen LogP contribution in [0.15, 0.2) is 61.1 Å². The summed E-state index contributed by atoms with van der Waals surface area (Å²) in [4.78, 5) is 16.4. The van der Waals surface area contributed by atoms with Crippen LogP contribution >= 0.6 is 12.4 Å². The number of rotatable bonds is 7. The number of nitrogens with one attached hydrogen (secondary N) is 1. The van der Waals surface area contributed by atoms with Crippen molar-refractivity contribution in [3.63, 3.8) is 0 Å². The maximum Gasteiger partial charge on any atom is 0.252 e. The van der Waals surface area contributed by atoms with Crippen molar-refractivity contribution in [2.75, 3.05) is 12.4 Å². The minimum absolute atomic E-state index is 0. The minimum atomic E-state index is -0.641. The van der Waals surface area contributed by atoms with Crippen molar-refractivity contribution in [1.82, 2.24) is 19.7 Å². The molecule has 0 saturated heterocycles. The van der Waals surface area contributed by atoms with Crippen LogP contribution in [0, 0.1) is 12.7 Å². The first-order valence-corrected chi connectivity index (χ1v) is 10.2. The van der Waals surface area contributed by atoms with Gasteiger partial charge in [-0.3, -0.25) is 4.79 Å². The Hall–Kier alpha value is -3.98. The van der Waals surface area contributed by atoms with Crippen molar-refractivity contribution >= 4 is 24.1 Å². The van der Waals surface area contributed by atoms with Crippen LogP contribution in [0.4, 0.5) is 10.2 Å². The molecule has 0 bridgehead atoms. The highest BCUT2D eigenvalue weighted by Crippen LogP contribution is 2.30. The number of ether oxygens (including phenoxy) is 1. The molecule has 0 aliphatic heterocycles. The number of aromatic nitrogens is 4. The number of primary amides is 1. The largest absolute Gasteiger partial charge is 0.495 e. The number of aryl methyl sites for hydroxylation is 1. The molecule has 0 unspecified atom stereocenters. The highest BCUT2D eigenvalue weighted by molar-refractivity contribution is 5.98. The maximum absolute atomic E-state index is 13.2. The first-order valence-electron chi connectivity index (χ1n) is 10.2. The quantitative estimate of drug-likeness (QED) is 0.402. The molecule has 10 heteroatoms. The van der Waals surface area contributed by atoms with E-state index in [9.17, 15) is 9.18 Å². The number of benzene rings is 2. The molecule has 2 aromatic carbocycles. The predicted octanol–water partition coefficient (Wildman–Crippen LogP) is 4.48. The monoisotopic (exact) mass is 482 g/mol. The third-order valence-electron chi connectivity index (χ3n) is 5.25. The first-order chi connectivity index (χ1) is 15.9. The number of amides is 1. The number of hydrogen-bond donors (Lipinski definition) is 2. The standard InChI is InChI=1S/C24H23FN6O2.ClH/c1-14-12-31(13-27-14)21-9-6-17(10-22(21)33-3)20-11-19(23(26)32)24(30-29-20)28-15(2)16-4-7-18(25)8-5-16;/h4-13,15H,1-3H3,(H2,26,32)(H,28,30);1H/t15-;/m0./s1. The summed E-state index contributed by atoms with van der Waals surface area (Å²) in [7, 11) is 1.58. The van der Waals surface area contributed by atoms with Gasteiger partial charge in [-0.15, -0.1) is 22.6 Å². The Morgan fingerprint density at radius 1 is 1.15 bits per heavy atom. The van der Waals surface area contributed by atoms with Gasteiger partial charge in [-0.2, -0.15) is 0 Å². The Morgan fingerprint density at radius 3 is 2.50 bits per heavy atom. The zero-order chi connectivity index (χ0) is 23.5. The second-order valence-electron chi connectivity index (χ2n) is 7.58. The van der Waals surface area contributed by atoms with Crippen LogP contribution in [-0.4, -0.2) is 32.8 Å². The molecule has 2 aromatic heterocycles. The van der Waals surface area contributed by atoms with Crippen LogP contribution in [0.2, 0.25) is 0 Å². The molecule has 1 amide bonds. The van der Waals surface area contributed by atoms with E-state index in [1.807, 2.05) is 42.8 Å². The van der Waals surface area contributed by atoms with Crippen molar-refractivity contribution < 1.29 is 13.9 Å². The van der Waals surface area contributed by atoms with E-state index in [1.54, 1.807) is 31.6 Å². The molecule has 2 heterocycles. The third kappa shape index (κ3) is 5.15. The van der Waals surface area contributed by atoms with Gasteiger partial charge >= 0.3 is 0 Å². The molecule has 0 aliphatic carbocycles. The Morgan fingerprint density at radius 2 is 1.88 bits per heavy atom. The number of carbonyl (C=O) groups excluding carboxylic acids is 1. The van der Waals surface area contributed by atoms with Crippen molar-refractivity contribution in [1.29, 1.82) is 0 Å². The Bertz CT molecular complexity index is 1310. The average Bonchev–Trinajstić information content (AvgIpc) is 3.25. The third-order valence-corrected chi connectivity index (χ3v) is 5.25. The molecule has 8 nitrogen and oxygen atoms in total. The number of imidazole rings is 1. The van der Waals surface area contributed by atoms with Crippen molar-refractivity contribution in [2.24, 2.45) is 5.73 Å². The molecule has 176 valence electrons. The molecule has 34 heavy (non-hydrogen) atoms. The normalized spacial score (nSPS) is 11.4. The van der Waals surface area contributed by atoms with Gasteiger partial charge in [-0.1, -0.05) is 18.2 Å². The van der Waals surface area contributed by atoms with Crippen molar-refractivity contribution in [3.8, 4) is 22.7 Å². The summed E-state index contributed by atoms with van der Waals surface area (Å²) in [5, 5.41) is 11.6. The van der Waals surface area contributed by atoms with Gasteiger partial charge in [0.2, 0.25) is 0 Å². The molecular formula is C24H24ClFN6O2. The number of nitrogens with two attached hydrogens (primary N) is 1. The fourth-order valence-corrected chi connectivity index (χ4v) is 3.47. The molecule has 0 saturated carbocycles. The summed E-state index contributed by atoms with van der Waals surface area (Å²) >= 11 is 0. The van der Waals surface area contributed by atoms with Gasteiger partial charge in [0.1, 0.15) is 11.6 Å². The molecule has 1 atom stereocenters. The smallest absolute Gasteiger partial charge is 0.252 e. The first kappa shape index (κ1) is 24.7. The molecule has 4 rings (SSSR count). The van der Waals surface area contributed by atoms with Gasteiger partial charge in [0.15, 0.2) is 5.82 Å². The number of hydrogen-bond acceptors (Lipinski definition) is 6. The van der Waals surface area contributed by atoms with E-state index >= 15 is 0 Å². The lowest BCUT2D eigenvalue weighted by Crippen LogP contribution is -2.18. The molecule has 3 N–H and O–H groups in total. The van der Waals surface area contributed by atoms with Gasteiger partial charge in [0.05, 0.1) is 42.1 Å². The van der Waals surface area contributed by atoms with E-state index in [-0.39, 0.29) is 35.6 Å². The lowest BCUT2D eigenvalue weighted by Gasteiger charge is -2.17. The summed E-state index contributed by atoms with van der Waals surface area (Å²) < 4.78 is 20.6. The summed E-state index contributed by atoms with van der Waals surface area (Å²) in [6.07, 6.45) is 3.60. The summed E-state index contributed by atoms with van der Waals surface area (Å²) in [5.41, 5.74) is 9.52. The fraction of sp³-hybridized carbons (Fsp3) is 0.167. The second-order valence-corrected chi connectivity index (χ2v) is 7.58. The van der Waals surface area contributed by atoms with E-state index in [2.05, 4.69) is 20.5 Å². The van der Waals surface area contributed by atoms with E-state index in [4.69, 9.17) is 10.5 Å². The number of nitrogens with zero attached hydrogens (tertiary/aromatic N) is 4. The van der Waals surface area contributed by atoms with Gasteiger partial charge in [-0.25, -0.2) is 9.37 Å².